The Morgan fingerprint density at radius 3 is 2.58 bits per heavy atom. The fourth-order valence-corrected chi connectivity index (χ4v) is 2.91. The van der Waals surface area contributed by atoms with Gasteiger partial charge >= 0.3 is 6.03 Å². The zero-order valence-corrected chi connectivity index (χ0v) is 13.8. The number of nitrogens with zero attached hydrogens (tertiary/aromatic N) is 1. The molecule has 0 bridgehead atoms. The molecule has 0 aliphatic carbocycles. The molecule has 6 heteroatoms. The minimum atomic E-state index is -0.503. The third-order valence-corrected chi connectivity index (χ3v) is 4.34. The zero-order chi connectivity index (χ0) is 16.9. The molecule has 1 heterocycles. The van der Waals surface area contributed by atoms with Crippen molar-refractivity contribution in [3.63, 3.8) is 0 Å². The van der Waals surface area contributed by atoms with Crippen LogP contribution < -0.4 is 15.5 Å². The molecular formula is C18H18ClN3O2. The van der Waals surface area contributed by atoms with Crippen molar-refractivity contribution in [3.05, 3.63) is 65.2 Å². The lowest BCUT2D eigenvalue weighted by atomic mass is 10.2. The van der Waals surface area contributed by atoms with Crippen molar-refractivity contribution < 1.29 is 9.59 Å². The van der Waals surface area contributed by atoms with Gasteiger partial charge < -0.3 is 15.5 Å². The van der Waals surface area contributed by atoms with E-state index in [4.69, 9.17) is 11.6 Å². The van der Waals surface area contributed by atoms with Crippen LogP contribution in [0.3, 0.4) is 0 Å². The van der Waals surface area contributed by atoms with Crippen LogP contribution in [0.25, 0.3) is 0 Å². The van der Waals surface area contributed by atoms with Crippen molar-refractivity contribution in [2.24, 2.45) is 0 Å². The number of urea groups is 1. The number of amides is 3. The van der Waals surface area contributed by atoms with Crippen LogP contribution in [0.4, 0.5) is 10.5 Å². The second-order valence-electron chi connectivity index (χ2n) is 5.59. The van der Waals surface area contributed by atoms with Crippen molar-refractivity contribution >= 4 is 29.2 Å². The average molecular weight is 344 g/mol. The standard InChI is InChI=1S/C18H18ClN3O2/c19-15-9-5-4-6-13(15)12-20-18(24)21-16-10-11-22(17(16)23)14-7-2-1-3-8-14/h1-9,16H,10-12H2,(H2,20,21,24). The van der Waals surface area contributed by atoms with Gasteiger partial charge in [0.1, 0.15) is 6.04 Å². The van der Waals surface area contributed by atoms with Gasteiger partial charge in [0.25, 0.3) is 0 Å². The first kappa shape index (κ1) is 16.3. The van der Waals surface area contributed by atoms with Gasteiger partial charge in [0, 0.05) is 23.8 Å². The van der Waals surface area contributed by atoms with Gasteiger partial charge in [-0.1, -0.05) is 48.0 Å². The monoisotopic (exact) mass is 343 g/mol. The van der Waals surface area contributed by atoms with Crippen LogP contribution in [0, 0.1) is 0 Å². The molecule has 1 atom stereocenters. The number of rotatable bonds is 4. The van der Waals surface area contributed by atoms with Crippen molar-refractivity contribution in [1.82, 2.24) is 10.6 Å². The second-order valence-corrected chi connectivity index (χ2v) is 5.99. The molecule has 1 unspecified atom stereocenters. The minimum Gasteiger partial charge on any atom is -0.334 e. The van der Waals surface area contributed by atoms with Crippen LogP contribution in [-0.4, -0.2) is 24.5 Å². The van der Waals surface area contributed by atoms with E-state index in [-0.39, 0.29) is 11.9 Å². The molecule has 2 N–H and O–H groups in total. The number of hydrogen-bond acceptors (Lipinski definition) is 2. The third kappa shape index (κ3) is 3.68. The number of anilines is 1. The molecular weight excluding hydrogens is 326 g/mol. The van der Waals surface area contributed by atoms with E-state index in [0.29, 0.717) is 24.5 Å². The molecule has 3 amide bonds. The summed E-state index contributed by atoms with van der Waals surface area (Å²) < 4.78 is 0. The van der Waals surface area contributed by atoms with E-state index in [1.807, 2.05) is 48.5 Å². The SMILES string of the molecule is O=C(NCc1ccccc1Cl)NC1CCN(c2ccccc2)C1=O. The summed E-state index contributed by atoms with van der Waals surface area (Å²) in [5.41, 5.74) is 1.68. The van der Waals surface area contributed by atoms with Crippen molar-refractivity contribution in [1.29, 1.82) is 0 Å². The maximum absolute atomic E-state index is 12.4. The Bertz CT molecular complexity index is 736. The predicted octanol–water partition coefficient (Wildman–Crippen LogP) is 2.94. The Morgan fingerprint density at radius 2 is 1.83 bits per heavy atom. The number of benzene rings is 2. The van der Waals surface area contributed by atoms with Gasteiger partial charge in [0.15, 0.2) is 0 Å². The summed E-state index contributed by atoms with van der Waals surface area (Å²) in [6.07, 6.45) is 0.591. The summed E-state index contributed by atoms with van der Waals surface area (Å²) in [5.74, 6) is -0.0888. The van der Waals surface area contributed by atoms with E-state index in [1.165, 1.54) is 0 Å². The van der Waals surface area contributed by atoms with Gasteiger partial charge in [0.05, 0.1) is 0 Å². The van der Waals surface area contributed by atoms with Gasteiger partial charge in [-0.2, -0.15) is 0 Å². The van der Waals surface area contributed by atoms with E-state index >= 15 is 0 Å². The highest BCUT2D eigenvalue weighted by atomic mass is 35.5. The fourth-order valence-electron chi connectivity index (χ4n) is 2.70. The molecule has 124 valence electrons. The van der Waals surface area contributed by atoms with Crippen molar-refractivity contribution in [2.45, 2.75) is 19.0 Å². The molecule has 5 nitrogen and oxygen atoms in total. The topological polar surface area (TPSA) is 61.4 Å². The summed E-state index contributed by atoms with van der Waals surface area (Å²) in [4.78, 5) is 26.2. The maximum Gasteiger partial charge on any atom is 0.315 e. The van der Waals surface area contributed by atoms with E-state index in [1.54, 1.807) is 11.0 Å². The highest BCUT2D eigenvalue weighted by molar-refractivity contribution is 6.31. The molecule has 0 spiro atoms. The summed E-state index contributed by atoms with van der Waals surface area (Å²) >= 11 is 6.06. The number of carbonyl (C=O) groups excluding carboxylic acids is 2. The van der Waals surface area contributed by atoms with Crippen LogP contribution in [-0.2, 0) is 11.3 Å². The van der Waals surface area contributed by atoms with Crippen LogP contribution in [0.15, 0.2) is 54.6 Å². The average Bonchev–Trinajstić information content (AvgIpc) is 2.96. The largest absolute Gasteiger partial charge is 0.334 e. The number of hydrogen-bond donors (Lipinski definition) is 2. The quantitative estimate of drug-likeness (QED) is 0.896. The number of carbonyl (C=O) groups is 2. The smallest absolute Gasteiger partial charge is 0.315 e. The summed E-state index contributed by atoms with van der Waals surface area (Å²) in [7, 11) is 0. The Balaban J connectivity index is 1.54. The van der Waals surface area contributed by atoms with E-state index < -0.39 is 6.04 Å². The minimum absolute atomic E-state index is 0.0888. The molecule has 2 aromatic rings. The van der Waals surface area contributed by atoms with Crippen LogP contribution in [0.1, 0.15) is 12.0 Å². The zero-order valence-electron chi connectivity index (χ0n) is 13.0. The highest BCUT2D eigenvalue weighted by Crippen LogP contribution is 2.21. The lowest BCUT2D eigenvalue weighted by Gasteiger charge is -2.17. The fraction of sp³-hybridized carbons (Fsp3) is 0.222. The van der Waals surface area contributed by atoms with Gasteiger partial charge in [-0.25, -0.2) is 4.79 Å². The lowest BCUT2D eigenvalue weighted by molar-refractivity contribution is -0.118. The molecule has 1 aliphatic heterocycles. The predicted molar refractivity (Wildman–Crippen MR) is 94.0 cm³/mol. The Morgan fingerprint density at radius 1 is 1.12 bits per heavy atom. The van der Waals surface area contributed by atoms with Crippen molar-refractivity contribution in [3.8, 4) is 0 Å². The van der Waals surface area contributed by atoms with Crippen LogP contribution in [0.5, 0.6) is 0 Å². The van der Waals surface area contributed by atoms with Crippen LogP contribution in [0.2, 0.25) is 5.02 Å². The molecule has 2 aromatic carbocycles. The van der Waals surface area contributed by atoms with Gasteiger partial charge in [-0.15, -0.1) is 0 Å². The first-order chi connectivity index (χ1) is 11.6. The number of para-hydroxylation sites is 1. The van der Waals surface area contributed by atoms with E-state index in [9.17, 15) is 9.59 Å². The Kier molecular flexibility index (Phi) is 5.01. The lowest BCUT2D eigenvalue weighted by Crippen LogP contribution is -2.45. The molecule has 1 aliphatic rings. The van der Waals surface area contributed by atoms with Crippen LogP contribution >= 0.6 is 11.6 Å². The molecule has 24 heavy (non-hydrogen) atoms. The highest BCUT2D eigenvalue weighted by Gasteiger charge is 2.33. The summed E-state index contributed by atoms with van der Waals surface area (Å²) in [6.45, 7) is 0.910. The molecule has 1 saturated heterocycles. The first-order valence-corrected chi connectivity index (χ1v) is 8.17. The molecule has 1 fully saturated rings. The van der Waals surface area contributed by atoms with Crippen molar-refractivity contribution in [2.75, 3.05) is 11.4 Å². The maximum atomic E-state index is 12.4. The van der Waals surface area contributed by atoms with E-state index in [0.717, 1.165) is 11.3 Å². The molecule has 0 saturated carbocycles. The van der Waals surface area contributed by atoms with Gasteiger partial charge in [-0.05, 0) is 30.2 Å². The number of nitrogens with one attached hydrogen (secondary N) is 2. The Labute approximate surface area is 145 Å². The molecule has 0 aromatic heterocycles. The second kappa shape index (κ2) is 7.36. The van der Waals surface area contributed by atoms with Gasteiger partial charge in [0.2, 0.25) is 5.91 Å². The number of halogens is 1. The van der Waals surface area contributed by atoms with E-state index in [2.05, 4.69) is 10.6 Å². The summed E-state index contributed by atoms with van der Waals surface area (Å²) in [6, 6.07) is 15.9. The molecule has 3 rings (SSSR count). The molecule has 0 radical (unpaired) electrons. The first-order valence-electron chi connectivity index (χ1n) is 7.79. The van der Waals surface area contributed by atoms with Gasteiger partial charge in [-0.3, -0.25) is 4.79 Å². The third-order valence-electron chi connectivity index (χ3n) is 3.98. The Hall–Kier alpha value is -2.53. The summed E-state index contributed by atoms with van der Waals surface area (Å²) in [5, 5.41) is 6.07. The normalized spacial score (nSPS) is 17.0.